The van der Waals surface area contributed by atoms with Gasteiger partial charge in [-0.1, -0.05) is 17.7 Å². The molecule has 1 aromatic rings. The first-order valence-corrected chi connectivity index (χ1v) is 9.24. The Labute approximate surface area is 155 Å². The number of anilines is 1. The molecule has 1 aromatic carbocycles. The number of halogens is 1. The number of amides is 2. The minimum Gasteiger partial charge on any atom is -0.355 e. The second-order valence-electron chi connectivity index (χ2n) is 7.09. The number of rotatable bonds is 6. The fourth-order valence-corrected chi connectivity index (χ4v) is 3.30. The van der Waals surface area contributed by atoms with Crippen molar-refractivity contribution in [3.05, 3.63) is 28.8 Å². The van der Waals surface area contributed by atoms with E-state index in [-0.39, 0.29) is 23.7 Å². The van der Waals surface area contributed by atoms with Gasteiger partial charge in [0.2, 0.25) is 11.8 Å². The van der Waals surface area contributed by atoms with Crippen LogP contribution in [0, 0.1) is 18.8 Å². The van der Waals surface area contributed by atoms with E-state index in [1.165, 1.54) is 0 Å². The molecule has 0 unspecified atom stereocenters. The van der Waals surface area contributed by atoms with E-state index in [1.54, 1.807) is 6.07 Å². The van der Waals surface area contributed by atoms with Crippen LogP contribution < -0.4 is 10.6 Å². The molecule has 0 heterocycles. The molecular formula is C19H28ClN3O2. The van der Waals surface area contributed by atoms with E-state index in [2.05, 4.69) is 10.6 Å². The number of hydrogen-bond donors (Lipinski definition) is 2. The van der Waals surface area contributed by atoms with Gasteiger partial charge in [0.25, 0.3) is 0 Å². The summed E-state index contributed by atoms with van der Waals surface area (Å²) in [6.45, 7) is 3.45. The van der Waals surface area contributed by atoms with Crippen LogP contribution in [0.4, 0.5) is 5.69 Å². The lowest BCUT2D eigenvalue weighted by Crippen LogP contribution is -2.38. The fourth-order valence-electron chi connectivity index (χ4n) is 3.13. The van der Waals surface area contributed by atoms with E-state index in [0.717, 1.165) is 43.5 Å². The third-order valence-corrected chi connectivity index (χ3v) is 5.02. The van der Waals surface area contributed by atoms with Crippen molar-refractivity contribution in [2.75, 3.05) is 32.5 Å². The maximum Gasteiger partial charge on any atom is 0.227 e. The number of nitrogens with zero attached hydrogens (tertiary/aromatic N) is 1. The zero-order valence-corrected chi connectivity index (χ0v) is 16.0. The highest BCUT2D eigenvalue weighted by molar-refractivity contribution is 6.31. The average Bonchev–Trinajstić information content (AvgIpc) is 2.58. The first-order valence-electron chi connectivity index (χ1n) is 8.86. The molecule has 5 nitrogen and oxygen atoms in total. The van der Waals surface area contributed by atoms with Gasteiger partial charge in [0.15, 0.2) is 0 Å². The molecule has 1 saturated carbocycles. The summed E-state index contributed by atoms with van der Waals surface area (Å²) in [4.78, 5) is 26.7. The summed E-state index contributed by atoms with van der Waals surface area (Å²) in [5.41, 5.74) is 1.76. The number of likely N-dealkylation sites (N-methyl/N-ethyl adjacent to an activating group) is 1. The summed E-state index contributed by atoms with van der Waals surface area (Å²) >= 11 is 6.00. The summed E-state index contributed by atoms with van der Waals surface area (Å²) in [6.07, 6.45) is 3.02. The van der Waals surface area contributed by atoms with Gasteiger partial charge in [0, 0.05) is 35.6 Å². The molecule has 0 bridgehead atoms. The Bertz CT molecular complexity index is 611. The van der Waals surface area contributed by atoms with Gasteiger partial charge in [0.05, 0.1) is 0 Å². The van der Waals surface area contributed by atoms with E-state index in [0.29, 0.717) is 11.6 Å². The van der Waals surface area contributed by atoms with Crippen molar-refractivity contribution in [1.29, 1.82) is 0 Å². The molecule has 0 aromatic heterocycles. The van der Waals surface area contributed by atoms with E-state index < -0.39 is 0 Å². The Kier molecular flexibility index (Phi) is 7.26. The Balaban J connectivity index is 1.80. The van der Waals surface area contributed by atoms with E-state index >= 15 is 0 Å². The van der Waals surface area contributed by atoms with E-state index in [9.17, 15) is 9.59 Å². The third kappa shape index (κ3) is 6.01. The largest absolute Gasteiger partial charge is 0.355 e. The number of nitrogens with one attached hydrogen (secondary N) is 2. The Hall–Kier alpha value is -1.59. The second kappa shape index (κ2) is 9.20. The van der Waals surface area contributed by atoms with Crippen LogP contribution in [0.3, 0.4) is 0 Å². The van der Waals surface area contributed by atoms with Crippen LogP contribution in [0.2, 0.25) is 5.02 Å². The van der Waals surface area contributed by atoms with Crippen LogP contribution in [-0.2, 0) is 9.59 Å². The third-order valence-electron chi connectivity index (χ3n) is 4.78. The maximum atomic E-state index is 12.5. The summed E-state index contributed by atoms with van der Waals surface area (Å²) < 4.78 is 0. The number of aryl methyl sites for hydroxylation is 1. The van der Waals surface area contributed by atoms with Crippen molar-refractivity contribution in [1.82, 2.24) is 10.2 Å². The van der Waals surface area contributed by atoms with Gasteiger partial charge < -0.3 is 15.5 Å². The average molecular weight is 366 g/mol. The molecule has 2 rings (SSSR count). The minimum atomic E-state index is -0.0378. The van der Waals surface area contributed by atoms with Gasteiger partial charge in [-0.05, 0) is 64.4 Å². The maximum absolute atomic E-state index is 12.5. The van der Waals surface area contributed by atoms with Gasteiger partial charge in [-0.2, -0.15) is 0 Å². The van der Waals surface area contributed by atoms with Crippen LogP contribution >= 0.6 is 11.6 Å². The molecule has 2 amide bonds. The molecule has 1 aliphatic rings. The normalized spacial score (nSPS) is 20.4. The first kappa shape index (κ1) is 19.7. The summed E-state index contributed by atoms with van der Waals surface area (Å²) in [7, 11) is 3.97. The lowest BCUT2D eigenvalue weighted by atomic mass is 9.81. The quantitative estimate of drug-likeness (QED) is 0.814. The predicted molar refractivity (Wildman–Crippen MR) is 102 cm³/mol. The van der Waals surface area contributed by atoms with E-state index in [1.807, 2.05) is 38.1 Å². The smallest absolute Gasteiger partial charge is 0.227 e. The highest BCUT2D eigenvalue weighted by atomic mass is 35.5. The van der Waals surface area contributed by atoms with Gasteiger partial charge in [-0.3, -0.25) is 9.59 Å². The van der Waals surface area contributed by atoms with Crippen molar-refractivity contribution in [2.24, 2.45) is 11.8 Å². The second-order valence-corrected chi connectivity index (χ2v) is 7.53. The van der Waals surface area contributed by atoms with Crippen LogP contribution in [-0.4, -0.2) is 43.9 Å². The van der Waals surface area contributed by atoms with Crippen molar-refractivity contribution < 1.29 is 9.59 Å². The zero-order valence-electron chi connectivity index (χ0n) is 15.3. The van der Waals surface area contributed by atoms with Gasteiger partial charge in [-0.25, -0.2) is 0 Å². The number of carbonyl (C=O) groups excluding carboxylic acids is 2. The first-order chi connectivity index (χ1) is 11.9. The Morgan fingerprint density at radius 2 is 1.72 bits per heavy atom. The Morgan fingerprint density at radius 3 is 2.32 bits per heavy atom. The van der Waals surface area contributed by atoms with Crippen LogP contribution in [0.15, 0.2) is 18.2 Å². The number of carbonyl (C=O) groups is 2. The SMILES string of the molecule is Cc1ccc(Cl)cc1NC(=O)C1CCC(C(=O)NCCN(C)C)CC1. The molecule has 0 atom stereocenters. The number of hydrogen-bond acceptors (Lipinski definition) is 3. The lowest BCUT2D eigenvalue weighted by molar-refractivity contribution is -0.128. The van der Waals surface area contributed by atoms with Crippen LogP contribution in [0.5, 0.6) is 0 Å². The summed E-state index contributed by atoms with van der Waals surface area (Å²) in [5.74, 6) is 0.131. The van der Waals surface area contributed by atoms with Crippen molar-refractivity contribution in [3.63, 3.8) is 0 Å². The Morgan fingerprint density at radius 1 is 1.12 bits per heavy atom. The van der Waals surface area contributed by atoms with Crippen molar-refractivity contribution in [3.8, 4) is 0 Å². The molecule has 25 heavy (non-hydrogen) atoms. The van der Waals surface area contributed by atoms with Crippen molar-refractivity contribution in [2.45, 2.75) is 32.6 Å². The fraction of sp³-hybridized carbons (Fsp3) is 0.579. The molecule has 0 aliphatic heterocycles. The topological polar surface area (TPSA) is 61.4 Å². The molecular weight excluding hydrogens is 338 g/mol. The van der Waals surface area contributed by atoms with Gasteiger partial charge in [-0.15, -0.1) is 0 Å². The molecule has 0 radical (unpaired) electrons. The molecule has 0 spiro atoms. The van der Waals surface area contributed by atoms with Crippen molar-refractivity contribution >= 4 is 29.1 Å². The van der Waals surface area contributed by atoms with Gasteiger partial charge in [0.1, 0.15) is 0 Å². The van der Waals surface area contributed by atoms with Crippen LogP contribution in [0.25, 0.3) is 0 Å². The van der Waals surface area contributed by atoms with Crippen LogP contribution in [0.1, 0.15) is 31.2 Å². The lowest BCUT2D eigenvalue weighted by Gasteiger charge is -2.27. The van der Waals surface area contributed by atoms with E-state index in [4.69, 9.17) is 11.6 Å². The summed E-state index contributed by atoms with van der Waals surface area (Å²) in [5, 5.41) is 6.58. The molecule has 0 saturated heterocycles. The zero-order chi connectivity index (χ0) is 18.4. The standard InChI is InChI=1S/C19H28ClN3O2/c1-13-4-9-16(20)12-17(13)22-19(25)15-7-5-14(6-8-15)18(24)21-10-11-23(2)3/h4,9,12,14-15H,5-8,10-11H2,1-3H3,(H,21,24)(H,22,25). The highest BCUT2D eigenvalue weighted by Crippen LogP contribution is 2.30. The minimum absolute atomic E-state index is 0.0248. The molecule has 1 fully saturated rings. The molecule has 138 valence electrons. The van der Waals surface area contributed by atoms with Gasteiger partial charge >= 0.3 is 0 Å². The number of benzene rings is 1. The monoisotopic (exact) mass is 365 g/mol. The molecule has 1 aliphatic carbocycles. The summed E-state index contributed by atoms with van der Waals surface area (Å²) in [6, 6.07) is 5.48. The predicted octanol–water partition coefficient (Wildman–Crippen LogP) is 3.07. The molecule has 6 heteroatoms. The highest BCUT2D eigenvalue weighted by Gasteiger charge is 2.30. The molecule has 2 N–H and O–H groups in total.